The molecule has 0 saturated heterocycles. The molecule has 2 atom stereocenters. The molecule has 0 fully saturated rings. The van der Waals surface area contributed by atoms with Gasteiger partial charge >= 0.3 is 0 Å². The van der Waals surface area contributed by atoms with Gasteiger partial charge in [-0.25, -0.2) is 17.2 Å². The van der Waals surface area contributed by atoms with Gasteiger partial charge in [-0.05, 0) is 61.7 Å². The Morgan fingerprint density at radius 1 is 1.19 bits per heavy atom. The summed E-state index contributed by atoms with van der Waals surface area (Å²) >= 11 is 0. The Kier molecular flexibility index (Phi) is 4.94. The van der Waals surface area contributed by atoms with Crippen molar-refractivity contribution in [1.82, 2.24) is 5.32 Å². The SMILES string of the molecule is C[C@H](NC(=O)c1ccc2c(c1)C[C@H](C)N2S(C)(=O)=O)c1ccc(F)c(F)c1. The zero-order chi connectivity index (χ0) is 19.9. The second-order valence-electron chi connectivity index (χ2n) is 6.82. The van der Waals surface area contributed by atoms with Crippen LogP contribution in [-0.4, -0.2) is 26.6 Å². The van der Waals surface area contributed by atoms with E-state index in [1.165, 1.54) is 10.4 Å². The van der Waals surface area contributed by atoms with E-state index in [4.69, 9.17) is 0 Å². The third-order valence-corrected chi connectivity index (χ3v) is 5.91. The average Bonchev–Trinajstić information content (AvgIpc) is 2.92. The van der Waals surface area contributed by atoms with Crippen LogP contribution in [0.1, 0.15) is 41.4 Å². The summed E-state index contributed by atoms with van der Waals surface area (Å²) in [4.78, 5) is 12.5. The predicted molar refractivity (Wildman–Crippen MR) is 99.2 cm³/mol. The summed E-state index contributed by atoms with van der Waals surface area (Å²) in [6.07, 6.45) is 1.67. The van der Waals surface area contributed by atoms with Gasteiger partial charge in [0.05, 0.1) is 18.0 Å². The highest BCUT2D eigenvalue weighted by molar-refractivity contribution is 7.92. The Morgan fingerprint density at radius 3 is 2.52 bits per heavy atom. The Hall–Kier alpha value is -2.48. The van der Waals surface area contributed by atoms with Crippen molar-refractivity contribution in [3.05, 3.63) is 64.7 Å². The minimum absolute atomic E-state index is 0.213. The van der Waals surface area contributed by atoms with Gasteiger partial charge in [-0.2, -0.15) is 0 Å². The van der Waals surface area contributed by atoms with Crippen LogP contribution < -0.4 is 9.62 Å². The number of benzene rings is 2. The Morgan fingerprint density at radius 2 is 1.89 bits per heavy atom. The number of sulfonamides is 1. The quantitative estimate of drug-likeness (QED) is 0.866. The van der Waals surface area contributed by atoms with Crippen molar-refractivity contribution in [1.29, 1.82) is 0 Å². The minimum Gasteiger partial charge on any atom is -0.346 e. The van der Waals surface area contributed by atoms with Crippen LogP contribution in [0.2, 0.25) is 0 Å². The summed E-state index contributed by atoms with van der Waals surface area (Å²) in [7, 11) is -3.39. The van der Waals surface area contributed by atoms with Crippen LogP contribution in [0, 0.1) is 11.6 Å². The fraction of sp³-hybridized carbons (Fsp3) is 0.316. The first-order chi connectivity index (χ1) is 12.6. The molecule has 1 aliphatic heterocycles. The molecule has 0 unspecified atom stereocenters. The second-order valence-corrected chi connectivity index (χ2v) is 8.68. The van der Waals surface area contributed by atoms with Crippen LogP contribution in [0.3, 0.4) is 0 Å². The van der Waals surface area contributed by atoms with Crippen LogP contribution in [0.5, 0.6) is 0 Å². The van der Waals surface area contributed by atoms with E-state index in [2.05, 4.69) is 5.32 Å². The molecule has 0 bridgehead atoms. The fourth-order valence-corrected chi connectivity index (χ4v) is 4.66. The smallest absolute Gasteiger partial charge is 0.251 e. The zero-order valence-electron chi connectivity index (χ0n) is 15.2. The summed E-state index contributed by atoms with van der Waals surface area (Å²) < 4.78 is 51.7. The van der Waals surface area contributed by atoms with E-state index in [-0.39, 0.29) is 11.9 Å². The molecule has 0 spiro atoms. The highest BCUT2D eigenvalue weighted by Crippen LogP contribution is 2.34. The molecule has 2 aromatic rings. The van der Waals surface area contributed by atoms with Crippen molar-refractivity contribution in [2.75, 3.05) is 10.6 Å². The van der Waals surface area contributed by atoms with Crippen LogP contribution in [-0.2, 0) is 16.4 Å². The lowest BCUT2D eigenvalue weighted by Gasteiger charge is -2.22. The third kappa shape index (κ3) is 3.80. The monoisotopic (exact) mass is 394 g/mol. The van der Waals surface area contributed by atoms with E-state index in [1.807, 2.05) is 6.92 Å². The number of hydrogen-bond acceptors (Lipinski definition) is 3. The number of carbonyl (C=O) groups is 1. The lowest BCUT2D eigenvalue weighted by Crippen LogP contribution is -2.34. The molecule has 27 heavy (non-hydrogen) atoms. The normalized spacial score (nSPS) is 17.5. The van der Waals surface area contributed by atoms with Gasteiger partial charge in [0.1, 0.15) is 0 Å². The molecule has 2 aromatic carbocycles. The molecule has 1 N–H and O–H groups in total. The third-order valence-electron chi connectivity index (χ3n) is 4.64. The van der Waals surface area contributed by atoms with E-state index < -0.39 is 27.7 Å². The van der Waals surface area contributed by atoms with Crippen LogP contribution in [0.15, 0.2) is 36.4 Å². The van der Waals surface area contributed by atoms with Gasteiger partial charge in [-0.15, -0.1) is 0 Å². The van der Waals surface area contributed by atoms with Crippen LogP contribution >= 0.6 is 0 Å². The van der Waals surface area contributed by atoms with Gasteiger partial charge in [0.25, 0.3) is 5.91 Å². The number of nitrogens with zero attached hydrogens (tertiary/aromatic N) is 1. The minimum atomic E-state index is -3.39. The molecule has 0 aromatic heterocycles. The number of rotatable bonds is 4. The van der Waals surface area contributed by atoms with Crippen molar-refractivity contribution in [2.45, 2.75) is 32.4 Å². The Labute approximate surface area is 157 Å². The number of fused-ring (bicyclic) bond motifs is 1. The van der Waals surface area contributed by atoms with E-state index in [0.29, 0.717) is 23.2 Å². The van der Waals surface area contributed by atoms with Crippen molar-refractivity contribution >= 4 is 21.6 Å². The number of anilines is 1. The first-order valence-corrected chi connectivity index (χ1v) is 10.3. The summed E-state index contributed by atoms with van der Waals surface area (Å²) in [5, 5.41) is 2.74. The summed E-state index contributed by atoms with van der Waals surface area (Å²) in [6.45, 7) is 3.48. The van der Waals surface area contributed by atoms with E-state index in [1.54, 1.807) is 25.1 Å². The first-order valence-electron chi connectivity index (χ1n) is 8.46. The number of hydrogen-bond donors (Lipinski definition) is 1. The molecule has 1 amide bonds. The molecule has 3 rings (SSSR count). The van der Waals surface area contributed by atoms with Gasteiger partial charge < -0.3 is 5.32 Å². The van der Waals surface area contributed by atoms with Gasteiger partial charge in [0, 0.05) is 11.6 Å². The van der Waals surface area contributed by atoms with Crippen molar-refractivity contribution in [2.24, 2.45) is 0 Å². The second kappa shape index (κ2) is 6.92. The maximum Gasteiger partial charge on any atom is 0.251 e. The summed E-state index contributed by atoms with van der Waals surface area (Å²) in [5.74, 6) is -2.29. The fourth-order valence-electron chi connectivity index (χ4n) is 3.39. The van der Waals surface area contributed by atoms with E-state index in [0.717, 1.165) is 24.0 Å². The molecule has 0 aliphatic carbocycles. The molecular formula is C19H20F2N2O3S. The Bertz CT molecular complexity index is 1010. The van der Waals surface area contributed by atoms with E-state index >= 15 is 0 Å². The van der Waals surface area contributed by atoms with Gasteiger partial charge in [0.2, 0.25) is 10.0 Å². The number of halogens is 2. The zero-order valence-corrected chi connectivity index (χ0v) is 16.0. The highest BCUT2D eigenvalue weighted by Gasteiger charge is 2.32. The topological polar surface area (TPSA) is 66.5 Å². The lowest BCUT2D eigenvalue weighted by atomic mass is 10.0. The molecule has 144 valence electrons. The van der Waals surface area contributed by atoms with E-state index in [9.17, 15) is 22.0 Å². The highest BCUT2D eigenvalue weighted by atomic mass is 32.2. The maximum atomic E-state index is 13.4. The average molecular weight is 394 g/mol. The predicted octanol–water partition coefficient (Wildman–Crippen LogP) is 3.17. The first kappa shape index (κ1) is 19.3. The molecule has 1 heterocycles. The molecule has 0 saturated carbocycles. The molecular weight excluding hydrogens is 374 g/mol. The van der Waals surface area contributed by atoms with Gasteiger partial charge in [-0.3, -0.25) is 9.10 Å². The number of amides is 1. The van der Waals surface area contributed by atoms with Crippen molar-refractivity contribution in [3.63, 3.8) is 0 Å². The molecule has 0 radical (unpaired) electrons. The lowest BCUT2D eigenvalue weighted by molar-refractivity contribution is 0.0939. The summed E-state index contributed by atoms with van der Waals surface area (Å²) in [6, 6.07) is 7.60. The van der Waals surface area contributed by atoms with Crippen molar-refractivity contribution < 1.29 is 22.0 Å². The standard InChI is InChI=1S/C19H20F2N2O3S/c1-11-8-15-9-14(5-7-18(15)23(11)27(3,25)26)19(24)22-12(2)13-4-6-16(20)17(21)10-13/h4-7,9-12H,8H2,1-3H3,(H,22,24)/t11-,12-/m0/s1. The van der Waals surface area contributed by atoms with Gasteiger partial charge in [0.15, 0.2) is 11.6 Å². The van der Waals surface area contributed by atoms with Crippen LogP contribution in [0.4, 0.5) is 14.5 Å². The molecule has 5 nitrogen and oxygen atoms in total. The maximum absolute atomic E-state index is 13.4. The summed E-state index contributed by atoms with van der Waals surface area (Å²) in [5.41, 5.74) is 2.18. The van der Waals surface area contributed by atoms with Crippen LogP contribution in [0.25, 0.3) is 0 Å². The van der Waals surface area contributed by atoms with Gasteiger partial charge in [-0.1, -0.05) is 6.07 Å². The van der Waals surface area contributed by atoms with Crippen molar-refractivity contribution in [3.8, 4) is 0 Å². The number of nitrogens with one attached hydrogen (secondary N) is 1. The molecule has 8 heteroatoms. The Balaban J connectivity index is 1.81. The number of carbonyl (C=O) groups excluding carboxylic acids is 1. The molecule has 1 aliphatic rings. The largest absolute Gasteiger partial charge is 0.346 e.